The molecule has 0 heterocycles. The molecule has 0 N–H and O–H groups in total. The van der Waals surface area contributed by atoms with Crippen molar-refractivity contribution < 1.29 is 16.5 Å². The molecule has 0 fully saturated rings. The molecule has 0 aromatic rings. The molecule has 0 spiro atoms. The molecule has 0 aromatic carbocycles. The molecule has 1 rings (SSSR count). The molecule has 0 radical (unpaired) electrons. The van der Waals surface area contributed by atoms with Crippen LogP contribution in [-0.2, 0) is 16.5 Å². The van der Waals surface area contributed by atoms with Crippen LogP contribution in [0, 0.1) is 0 Å². The molecule has 0 bridgehead atoms. The Morgan fingerprint density at radius 1 is 0.550 bits per heavy atom. The minimum Gasteiger partial charge on any atom is -0.108 e. The zero-order valence-corrected chi connectivity index (χ0v) is 15.5. The van der Waals surface area contributed by atoms with Crippen LogP contribution in [0.1, 0.15) is 59.3 Å². The third-order valence-electron chi connectivity index (χ3n) is 3.34. The van der Waals surface area contributed by atoms with Gasteiger partial charge in [0.1, 0.15) is 0 Å². The first-order chi connectivity index (χ1) is 9.35. The van der Waals surface area contributed by atoms with Gasteiger partial charge in [-0.05, 0) is 57.0 Å². The molecule has 0 saturated heterocycles. The van der Waals surface area contributed by atoms with E-state index in [1.54, 1.807) is 0 Å². The molecular weight excluding hydrogens is 306 g/mol. The maximum absolute atomic E-state index is 2.29. The normalized spacial score (nSPS) is 20.4. The predicted molar refractivity (Wildman–Crippen MR) is 93.7 cm³/mol. The summed E-state index contributed by atoms with van der Waals surface area (Å²) in [6.07, 6.45) is 25.3. The Balaban J connectivity index is 0. The summed E-state index contributed by atoms with van der Waals surface area (Å²) in [6, 6.07) is 0. The van der Waals surface area contributed by atoms with Crippen molar-refractivity contribution in [2.45, 2.75) is 59.3 Å². The van der Waals surface area contributed by atoms with E-state index in [1.807, 2.05) is 0 Å². The Bertz CT molecular complexity index is 195. The van der Waals surface area contributed by atoms with Crippen molar-refractivity contribution in [3.05, 3.63) is 36.5 Å². The van der Waals surface area contributed by atoms with Gasteiger partial charge in [-0.25, -0.2) is 0 Å². The summed E-state index contributed by atoms with van der Waals surface area (Å²) < 4.78 is 0. The van der Waals surface area contributed by atoms with Crippen LogP contribution in [0.25, 0.3) is 0 Å². The van der Waals surface area contributed by atoms with E-state index in [9.17, 15) is 0 Å². The van der Waals surface area contributed by atoms with E-state index in [1.165, 1.54) is 57.0 Å². The van der Waals surface area contributed by atoms with Gasteiger partial charge in [-0.1, -0.05) is 57.2 Å². The molecule has 120 valence electrons. The zero-order chi connectivity index (χ0) is 14.2. The summed E-state index contributed by atoms with van der Waals surface area (Å²) >= 11 is 0. The summed E-state index contributed by atoms with van der Waals surface area (Å²) in [6.45, 7) is 6.87. The third-order valence-corrected chi connectivity index (χ3v) is 6.02. The molecule has 0 unspecified atom stereocenters. The quantitative estimate of drug-likeness (QED) is 0.311. The summed E-state index contributed by atoms with van der Waals surface area (Å²) in [5, 5.41) is 0. The summed E-state index contributed by atoms with van der Waals surface area (Å²) in [5.74, 6) is 0. The molecule has 2 heteroatoms. The van der Waals surface area contributed by atoms with Gasteiger partial charge in [0.2, 0.25) is 0 Å². The minimum absolute atomic E-state index is 0. The van der Waals surface area contributed by atoms with Gasteiger partial charge >= 0.3 is 0 Å². The van der Waals surface area contributed by atoms with Gasteiger partial charge in [0.05, 0.1) is 0 Å². The number of rotatable bonds is 3. The van der Waals surface area contributed by atoms with E-state index >= 15 is 0 Å². The van der Waals surface area contributed by atoms with Crippen LogP contribution in [0.5, 0.6) is 0 Å². The van der Waals surface area contributed by atoms with E-state index in [0.29, 0.717) is 7.92 Å². The molecule has 0 aromatic heterocycles. The smallest absolute Gasteiger partial charge is 0 e. The van der Waals surface area contributed by atoms with E-state index in [4.69, 9.17) is 0 Å². The van der Waals surface area contributed by atoms with Gasteiger partial charge in [-0.3, -0.25) is 0 Å². The summed E-state index contributed by atoms with van der Waals surface area (Å²) in [5.41, 5.74) is 0. The molecule has 1 aliphatic rings. The van der Waals surface area contributed by atoms with Crippen LogP contribution >= 0.6 is 7.92 Å². The average Bonchev–Trinajstić information content (AvgIpc) is 2.42. The van der Waals surface area contributed by atoms with Crippen molar-refractivity contribution >= 4 is 7.92 Å². The Kier molecular flexibility index (Phi) is 21.5. The molecule has 0 nitrogen and oxygen atoms in total. The van der Waals surface area contributed by atoms with Gasteiger partial charge in [0, 0.05) is 16.5 Å². The third kappa shape index (κ3) is 16.2. The summed E-state index contributed by atoms with van der Waals surface area (Å²) in [7, 11) is 0.446. The van der Waals surface area contributed by atoms with Gasteiger partial charge in [-0.2, -0.15) is 0 Å². The minimum atomic E-state index is 0. The molecule has 0 amide bonds. The van der Waals surface area contributed by atoms with Gasteiger partial charge in [0.25, 0.3) is 0 Å². The largest absolute Gasteiger partial charge is 0.108 e. The topological polar surface area (TPSA) is 0 Å². The van der Waals surface area contributed by atoms with Crippen LogP contribution in [0.3, 0.4) is 0 Å². The zero-order valence-electron chi connectivity index (χ0n) is 13.6. The first-order valence-corrected chi connectivity index (χ1v) is 9.92. The fraction of sp³-hybridized carbons (Fsp3) is 0.667. The summed E-state index contributed by atoms with van der Waals surface area (Å²) in [4.78, 5) is 0. The predicted octanol–water partition coefficient (Wildman–Crippen LogP) is 6.53. The van der Waals surface area contributed by atoms with Gasteiger partial charge in [0.15, 0.2) is 0 Å². The molecule has 0 saturated carbocycles. The fourth-order valence-corrected chi connectivity index (χ4v) is 3.30. The SMILES string of the molecule is C1=C\CC/C=C\CC/C=C\CC/1.CCP(CC)CC.[Ni]. The van der Waals surface area contributed by atoms with Crippen molar-refractivity contribution in [1.82, 2.24) is 0 Å². The average molecular weight is 339 g/mol. The van der Waals surface area contributed by atoms with E-state index < -0.39 is 0 Å². The fourth-order valence-electron chi connectivity index (χ4n) is 1.96. The first-order valence-electron chi connectivity index (χ1n) is 8.02. The number of hydrogen-bond donors (Lipinski definition) is 0. The van der Waals surface area contributed by atoms with Crippen molar-refractivity contribution in [3.8, 4) is 0 Å². The second-order valence-electron chi connectivity index (χ2n) is 4.77. The Hall–Kier alpha value is 0.144. The maximum Gasteiger partial charge on any atom is 0 e. The van der Waals surface area contributed by atoms with E-state index in [0.717, 1.165) is 0 Å². The van der Waals surface area contributed by atoms with Crippen molar-refractivity contribution in [1.29, 1.82) is 0 Å². The molecular formula is C18H33NiP. The van der Waals surface area contributed by atoms with Gasteiger partial charge < -0.3 is 0 Å². The van der Waals surface area contributed by atoms with Crippen LogP contribution in [-0.4, -0.2) is 18.5 Å². The molecule has 20 heavy (non-hydrogen) atoms. The Morgan fingerprint density at radius 3 is 0.850 bits per heavy atom. The number of allylic oxidation sites excluding steroid dienone is 6. The second-order valence-corrected chi connectivity index (χ2v) is 8.00. The standard InChI is InChI=1S/C12H18.C6H15P.Ni/c1-2-4-6-8-10-12-11-9-7-5-3-1;1-4-7(5-2)6-3;/h1-2,7-10H,3-6,11-12H2;4-6H2,1-3H3;/b2-1-,9-7-,10-8-;;. The molecule has 1 aliphatic carbocycles. The van der Waals surface area contributed by atoms with Crippen molar-refractivity contribution in [2.75, 3.05) is 18.5 Å². The van der Waals surface area contributed by atoms with Crippen LogP contribution in [0.4, 0.5) is 0 Å². The second kappa shape index (κ2) is 19.1. The van der Waals surface area contributed by atoms with Crippen molar-refractivity contribution in [2.24, 2.45) is 0 Å². The molecule has 0 atom stereocenters. The Morgan fingerprint density at radius 2 is 0.750 bits per heavy atom. The Labute approximate surface area is 138 Å². The van der Waals surface area contributed by atoms with Gasteiger partial charge in [-0.15, -0.1) is 7.92 Å². The number of hydrogen-bond acceptors (Lipinski definition) is 0. The van der Waals surface area contributed by atoms with Crippen molar-refractivity contribution in [3.63, 3.8) is 0 Å². The van der Waals surface area contributed by atoms with E-state index in [-0.39, 0.29) is 16.5 Å². The van der Waals surface area contributed by atoms with Crippen LogP contribution in [0.2, 0.25) is 0 Å². The van der Waals surface area contributed by atoms with Crippen LogP contribution in [0.15, 0.2) is 36.5 Å². The monoisotopic (exact) mass is 338 g/mol. The first kappa shape index (κ1) is 22.4. The van der Waals surface area contributed by atoms with E-state index in [2.05, 4.69) is 57.2 Å². The van der Waals surface area contributed by atoms with Crippen LogP contribution < -0.4 is 0 Å². The maximum atomic E-state index is 2.29. The molecule has 0 aliphatic heterocycles.